The van der Waals surface area contributed by atoms with Crippen LogP contribution in [0.5, 0.6) is 0 Å². The van der Waals surface area contributed by atoms with Crippen LogP contribution in [0.3, 0.4) is 0 Å². The summed E-state index contributed by atoms with van der Waals surface area (Å²) in [5, 5.41) is 0.529. The smallest absolute Gasteiger partial charge is 0.123 e. The van der Waals surface area contributed by atoms with E-state index < -0.39 is 0 Å². The molecule has 0 heterocycles. The molecule has 0 atom stereocenters. The van der Waals surface area contributed by atoms with Crippen molar-refractivity contribution < 1.29 is 9.23 Å². The second-order valence-corrected chi connectivity index (χ2v) is 2.67. The summed E-state index contributed by atoms with van der Waals surface area (Å²) in [5.41, 5.74) is 3.26. The molecule has 0 fully saturated rings. The maximum Gasteiger partial charge on any atom is 0.123 e. The van der Waals surface area contributed by atoms with Gasteiger partial charge in [0, 0.05) is 11.6 Å². The molecule has 12 heavy (non-hydrogen) atoms. The van der Waals surface area contributed by atoms with Gasteiger partial charge in [-0.1, -0.05) is 11.6 Å². The van der Waals surface area contributed by atoms with Crippen molar-refractivity contribution in [3.63, 3.8) is 0 Å². The Morgan fingerprint density at radius 2 is 2.33 bits per heavy atom. The van der Waals surface area contributed by atoms with E-state index in [9.17, 15) is 4.39 Å². The molecule has 1 aromatic carbocycles. The van der Waals surface area contributed by atoms with Gasteiger partial charge in [0.25, 0.3) is 0 Å². The van der Waals surface area contributed by atoms with Gasteiger partial charge in [-0.25, -0.2) is 4.39 Å². The molecule has 66 valence electrons. The average Bonchev–Trinajstić information content (AvgIpc) is 2.07. The van der Waals surface area contributed by atoms with Crippen molar-refractivity contribution in [1.29, 1.82) is 0 Å². The van der Waals surface area contributed by atoms with Crippen LogP contribution in [-0.2, 0) is 11.4 Å². The minimum absolute atomic E-state index is 0.299. The lowest BCUT2D eigenvalue weighted by Crippen LogP contribution is -2.11. The zero-order valence-electron chi connectivity index (χ0n) is 6.60. The first-order valence-electron chi connectivity index (χ1n) is 3.44. The van der Waals surface area contributed by atoms with Crippen LogP contribution in [0.2, 0.25) is 5.02 Å². The molecule has 0 saturated heterocycles. The molecule has 0 aliphatic rings. The van der Waals surface area contributed by atoms with Gasteiger partial charge >= 0.3 is 0 Å². The van der Waals surface area contributed by atoms with E-state index in [1.54, 1.807) is 0 Å². The maximum absolute atomic E-state index is 12.6. The van der Waals surface area contributed by atoms with Gasteiger partial charge in [0.05, 0.1) is 7.11 Å². The molecule has 0 aliphatic carbocycles. The summed E-state index contributed by atoms with van der Waals surface area (Å²) in [4.78, 5) is 4.61. The van der Waals surface area contributed by atoms with E-state index in [0.717, 1.165) is 0 Å². The number of hydrogen-bond acceptors (Lipinski definition) is 2. The van der Waals surface area contributed by atoms with Crippen LogP contribution in [-0.4, -0.2) is 7.11 Å². The van der Waals surface area contributed by atoms with Crippen molar-refractivity contribution in [2.45, 2.75) is 6.54 Å². The summed E-state index contributed by atoms with van der Waals surface area (Å²) in [6, 6.07) is 4.20. The largest absolute Gasteiger partial charge is 0.305 e. The lowest BCUT2D eigenvalue weighted by molar-refractivity contribution is 0.0867. The highest BCUT2D eigenvalue weighted by Crippen LogP contribution is 2.16. The lowest BCUT2D eigenvalue weighted by Gasteiger charge is -2.03. The first kappa shape index (κ1) is 9.45. The summed E-state index contributed by atoms with van der Waals surface area (Å²) in [6.45, 7) is 0.396. The molecule has 0 aliphatic heterocycles. The van der Waals surface area contributed by atoms with E-state index >= 15 is 0 Å². The Labute approximate surface area is 75.2 Å². The Kier molecular flexibility index (Phi) is 3.47. The van der Waals surface area contributed by atoms with Crippen LogP contribution in [0.15, 0.2) is 18.2 Å². The molecule has 2 nitrogen and oxygen atoms in total. The average molecular weight is 190 g/mol. The lowest BCUT2D eigenvalue weighted by atomic mass is 10.2. The van der Waals surface area contributed by atoms with Crippen molar-refractivity contribution in [3.8, 4) is 0 Å². The molecule has 4 heteroatoms. The summed E-state index contributed by atoms with van der Waals surface area (Å²) in [5.74, 6) is -0.299. The van der Waals surface area contributed by atoms with Crippen LogP contribution in [0.25, 0.3) is 0 Å². The van der Waals surface area contributed by atoms with Crippen molar-refractivity contribution in [3.05, 3.63) is 34.6 Å². The molecule has 0 bridgehead atoms. The van der Waals surface area contributed by atoms with E-state index in [4.69, 9.17) is 11.6 Å². The van der Waals surface area contributed by atoms with Crippen molar-refractivity contribution in [2.75, 3.05) is 7.11 Å². The minimum Gasteiger partial charge on any atom is -0.305 e. The van der Waals surface area contributed by atoms with Crippen molar-refractivity contribution in [1.82, 2.24) is 5.48 Å². The van der Waals surface area contributed by atoms with Crippen LogP contribution in [0, 0.1) is 5.82 Å². The predicted molar refractivity (Wildman–Crippen MR) is 45.3 cm³/mol. The fraction of sp³-hybridized carbons (Fsp3) is 0.250. The van der Waals surface area contributed by atoms with E-state index in [-0.39, 0.29) is 5.82 Å². The highest BCUT2D eigenvalue weighted by molar-refractivity contribution is 6.31. The van der Waals surface area contributed by atoms with E-state index in [2.05, 4.69) is 10.3 Å². The fourth-order valence-electron chi connectivity index (χ4n) is 0.829. The third kappa shape index (κ3) is 2.44. The minimum atomic E-state index is -0.299. The van der Waals surface area contributed by atoms with Gasteiger partial charge in [0.1, 0.15) is 5.82 Å². The highest BCUT2D eigenvalue weighted by atomic mass is 35.5. The summed E-state index contributed by atoms with van der Waals surface area (Å²) >= 11 is 5.77. The summed E-state index contributed by atoms with van der Waals surface area (Å²) < 4.78 is 12.6. The molecule has 1 N–H and O–H groups in total. The molecule has 0 unspecified atom stereocenters. The second kappa shape index (κ2) is 4.40. The first-order chi connectivity index (χ1) is 5.74. The van der Waals surface area contributed by atoms with Gasteiger partial charge in [0.15, 0.2) is 0 Å². The van der Waals surface area contributed by atoms with E-state index in [0.29, 0.717) is 17.1 Å². The third-order valence-electron chi connectivity index (χ3n) is 1.41. The summed E-state index contributed by atoms with van der Waals surface area (Å²) in [6.07, 6.45) is 0. The topological polar surface area (TPSA) is 21.3 Å². The molecule has 0 amide bonds. The first-order valence-corrected chi connectivity index (χ1v) is 3.81. The van der Waals surface area contributed by atoms with Gasteiger partial charge < -0.3 is 4.84 Å². The van der Waals surface area contributed by atoms with Crippen molar-refractivity contribution >= 4 is 11.6 Å². The molecular weight excluding hydrogens is 181 g/mol. The van der Waals surface area contributed by atoms with Crippen molar-refractivity contribution in [2.24, 2.45) is 0 Å². The van der Waals surface area contributed by atoms with Crippen LogP contribution >= 0.6 is 11.6 Å². The third-order valence-corrected chi connectivity index (χ3v) is 1.78. The van der Waals surface area contributed by atoms with E-state index in [1.165, 1.54) is 25.3 Å². The quantitative estimate of drug-likeness (QED) is 0.736. The molecule has 0 spiro atoms. The second-order valence-electron chi connectivity index (χ2n) is 2.26. The normalized spacial score (nSPS) is 10.2. The van der Waals surface area contributed by atoms with Gasteiger partial charge in [-0.15, -0.1) is 0 Å². The number of hydroxylamine groups is 1. The zero-order valence-corrected chi connectivity index (χ0v) is 7.36. The number of benzene rings is 1. The number of rotatable bonds is 3. The van der Waals surface area contributed by atoms with Gasteiger partial charge in [-0.2, -0.15) is 5.48 Å². The van der Waals surface area contributed by atoms with Gasteiger partial charge in [-0.3, -0.25) is 0 Å². The Hall–Kier alpha value is -0.640. The Morgan fingerprint density at radius 1 is 1.58 bits per heavy atom. The number of halogens is 2. The highest BCUT2D eigenvalue weighted by Gasteiger charge is 2.00. The van der Waals surface area contributed by atoms with Crippen LogP contribution in [0.1, 0.15) is 5.56 Å². The predicted octanol–water partition coefficient (Wildman–Crippen LogP) is 2.13. The molecule has 1 aromatic rings. The number of hydrogen-bond donors (Lipinski definition) is 1. The molecular formula is C8H9ClFNO. The van der Waals surface area contributed by atoms with Crippen LogP contribution < -0.4 is 5.48 Å². The van der Waals surface area contributed by atoms with Crippen LogP contribution in [0.4, 0.5) is 4.39 Å². The SMILES string of the molecule is CONCc1cc(F)ccc1Cl. The standard InChI is InChI=1S/C8H9ClFNO/c1-12-11-5-6-4-7(10)2-3-8(6)9/h2-4,11H,5H2,1H3. The molecule has 1 rings (SSSR count). The molecule has 0 aromatic heterocycles. The van der Waals surface area contributed by atoms with Gasteiger partial charge in [-0.05, 0) is 23.8 Å². The molecule has 0 radical (unpaired) electrons. The Bertz CT molecular complexity index is 267. The monoisotopic (exact) mass is 189 g/mol. The fourth-order valence-corrected chi connectivity index (χ4v) is 1.01. The maximum atomic E-state index is 12.6. The zero-order chi connectivity index (χ0) is 8.97. The number of nitrogens with one attached hydrogen (secondary N) is 1. The van der Waals surface area contributed by atoms with Gasteiger partial charge in [0.2, 0.25) is 0 Å². The summed E-state index contributed by atoms with van der Waals surface area (Å²) in [7, 11) is 1.49. The Morgan fingerprint density at radius 3 is 3.00 bits per heavy atom. The molecule has 0 saturated carbocycles. The Balaban J connectivity index is 2.75. The van der Waals surface area contributed by atoms with E-state index in [1.807, 2.05) is 0 Å².